The molecule has 2 aromatic carbocycles. The average molecular weight is 304 g/mol. The number of carboxylic acids is 1. The quantitative estimate of drug-likeness (QED) is 0.888. The third-order valence-corrected chi connectivity index (χ3v) is 3.46. The lowest BCUT2D eigenvalue weighted by atomic mass is 9.88. The molecule has 0 amide bonds. The summed E-state index contributed by atoms with van der Waals surface area (Å²) in [6.07, 6.45) is -0.0961. The van der Waals surface area contributed by atoms with Crippen molar-refractivity contribution in [1.29, 1.82) is 0 Å². The number of benzene rings is 2. The van der Waals surface area contributed by atoms with Gasteiger partial charge in [-0.2, -0.15) is 0 Å². The molecular weight excluding hydrogens is 287 g/mol. The van der Waals surface area contributed by atoms with Crippen molar-refractivity contribution in [2.75, 3.05) is 14.2 Å². The molecule has 2 aromatic rings. The number of hydrogen-bond donors (Lipinski definition) is 1. The van der Waals surface area contributed by atoms with Crippen LogP contribution in [0.1, 0.15) is 23.5 Å². The highest BCUT2D eigenvalue weighted by molar-refractivity contribution is 5.69. The standard InChI is InChI=1S/C17H17FO4/c1-21-15-8-5-12(9-16(15)22-2)14(10-17(19)20)11-3-6-13(18)7-4-11/h3-9,14H,10H2,1-2H3,(H,19,20)/t14-/m0/s1. The van der Waals surface area contributed by atoms with Crippen molar-refractivity contribution in [3.05, 3.63) is 59.4 Å². The predicted molar refractivity (Wildman–Crippen MR) is 80.0 cm³/mol. The molecule has 0 heterocycles. The highest BCUT2D eigenvalue weighted by Crippen LogP contribution is 2.35. The molecule has 0 aliphatic heterocycles. The van der Waals surface area contributed by atoms with Gasteiger partial charge >= 0.3 is 5.97 Å². The molecule has 2 rings (SSSR count). The Hall–Kier alpha value is -2.56. The normalized spacial score (nSPS) is 11.8. The molecule has 1 atom stereocenters. The summed E-state index contributed by atoms with van der Waals surface area (Å²) in [6, 6.07) is 11.1. The Morgan fingerprint density at radius 1 is 1.05 bits per heavy atom. The number of hydrogen-bond acceptors (Lipinski definition) is 3. The van der Waals surface area contributed by atoms with Gasteiger partial charge < -0.3 is 14.6 Å². The Bertz CT molecular complexity index is 652. The smallest absolute Gasteiger partial charge is 0.304 e. The number of halogens is 1. The monoisotopic (exact) mass is 304 g/mol. The van der Waals surface area contributed by atoms with Gasteiger partial charge in [-0.15, -0.1) is 0 Å². The number of carboxylic acid groups (broad SMARTS) is 1. The molecule has 1 N–H and O–H groups in total. The summed E-state index contributed by atoms with van der Waals surface area (Å²) in [5, 5.41) is 9.16. The summed E-state index contributed by atoms with van der Waals surface area (Å²) in [4.78, 5) is 11.2. The number of aliphatic carboxylic acids is 1. The number of rotatable bonds is 6. The van der Waals surface area contributed by atoms with Gasteiger partial charge in [0.05, 0.1) is 20.6 Å². The molecule has 0 fully saturated rings. The van der Waals surface area contributed by atoms with Crippen LogP contribution in [0.25, 0.3) is 0 Å². The third-order valence-electron chi connectivity index (χ3n) is 3.46. The zero-order valence-electron chi connectivity index (χ0n) is 12.4. The van der Waals surface area contributed by atoms with Gasteiger partial charge in [0.25, 0.3) is 0 Å². The Labute approximate surface area is 128 Å². The molecular formula is C17H17FO4. The second-order valence-electron chi connectivity index (χ2n) is 4.82. The number of ether oxygens (including phenoxy) is 2. The number of methoxy groups -OCH3 is 2. The second kappa shape index (κ2) is 6.93. The van der Waals surface area contributed by atoms with Crippen LogP contribution in [0.5, 0.6) is 11.5 Å². The van der Waals surface area contributed by atoms with Crippen LogP contribution < -0.4 is 9.47 Å². The first-order chi connectivity index (χ1) is 10.5. The minimum absolute atomic E-state index is 0.0961. The lowest BCUT2D eigenvalue weighted by molar-refractivity contribution is -0.137. The van der Waals surface area contributed by atoms with E-state index in [2.05, 4.69) is 0 Å². The van der Waals surface area contributed by atoms with E-state index < -0.39 is 11.9 Å². The molecule has 5 heteroatoms. The molecule has 0 aliphatic rings. The Morgan fingerprint density at radius 2 is 1.64 bits per heavy atom. The van der Waals surface area contributed by atoms with Crippen LogP contribution >= 0.6 is 0 Å². The van der Waals surface area contributed by atoms with E-state index in [1.807, 2.05) is 0 Å². The summed E-state index contributed by atoms with van der Waals surface area (Å²) in [5.74, 6) is -0.580. The fourth-order valence-corrected chi connectivity index (χ4v) is 2.37. The van der Waals surface area contributed by atoms with E-state index in [-0.39, 0.29) is 12.2 Å². The van der Waals surface area contributed by atoms with Crippen molar-refractivity contribution >= 4 is 5.97 Å². The highest BCUT2D eigenvalue weighted by atomic mass is 19.1. The van der Waals surface area contributed by atoms with Crippen molar-refractivity contribution in [1.82, 2.24) is 0 Å². The van der Waals surface area contributed by atoms with E-state index in [0.717, 1.165) is 11.1 Å². The van der Waals surface area contributed by atoms with Crippen molar-refractivity contribution in [2.24, 2.45) is 0 Å². The van der Waals surface area contributed by atoms with Gasteiger partial charge in [-0.3, -0.25) is 4.79 Å². The lowest BCUT2D eigenvalue weighted by Gasteiger charge is -2.18. The minimum Gasteiger partial charge on any atom is -0.493 e. The van der Waals surface area contributed by atoms with Gasteiger partial charge in [-0.1, -0.05) is 18.2 Å². The summed E-state index contributed by atoms with van der Waals surface area (Å²) >= 11 is 0. The third kappa shape index (κ3) is 3.55. The molecule has 116 valence electrons. The zero-order valence-corrected chi connectivity index (χ0v) is 12.4. The maximum atomic E-state index is 13.1. The summed E-state index contributed by atoms with van der Waals surface area (Å²) in [6.45, 7) is 0. The van der Waals surface area contributed by atoms with Gasteiger partial charge in [0.2, 0.25) is 0 Å². The van der Waals surface area contributed by atoms with E-state index in [4.69, 9.17) is 14.6 Å². The highest BCUT2D eigenvalue weighted by Gasteiger charge is 2.19. The topological polar surface area (TPSA) is 55.8 Å². The van der Waals surface area contributed by atoms with Crippen LogP contribution in [0.2, 0.25) is 0 Å². The maximum Gasteiger partial charge on any atom is 0.304 e. The molecule has 22 heavy (non-hydrogen) atoms. The lowest BCUT2D eigenvalue weighted by Crippen LogP contribution is -2.08. The van der Waals surface area contributed by atoms with Crippen molar-refractivity contribution in [3.63, 3.8) is 0 Å². The van der Waals surface area contributed by atoms with Crippen LogP contribution in [0, 0.1) is 5.82 Å². The van der Waals surface area contributed by atoms with Crippen molar-refractivity contribution in [2.45, 2.75) is 12.3 Å². The van der Waals surface area contributed by atoms with Gasteiger partial charge in [-0.25, -0.2) is 4.39 Å². The molecule has 0 unspecified atom stereocenters. The zero-order chi connectivity index (χ0) is 16.1. The summed E-state index contributed by atoms with van der Waals surface area (Å²) in [7, 11) is 3.05. The van der Waals surface area contributed by atoms with Crippen molar-refractivity contribution in [3.8, 4) is 11.5 Å². The minimum atomic E-state index is -0.927. The molecule has 0 saturated carbocycles. The largest absolute Gasteiger partial charge is 0.493 e. The van der Waals surface area contributed by atoms with Gasteiger partial charge in [0, 0.05) is 5.92 Å². The van der Waals surface area contributed by atoms with Crippen LogP contribution in [-0.4, -0.2) is 25.3 Å². The van der Waals surface area contributed by atoms with Gasteiger partial charge in [0.1, 0.15) is 5.82 Å². The fourth-order valence-electron chi connectivity index (χ4n) is 2.37. The molecule has 0 aromatic heterocycles. The SMILES string of the molecule is COc1ccc([C@@H](CC(=O)O)c2ccc(F)cc2)cc1OC. The molecule has 0 bridgehead atoms. The second-order valence-corrected chi connectivity index (χ2v) is 4.82. The van der Waals surface area contributed by atoms with E-state index >= 15 is 0 Å². The van der Waals surface area contributed by atoms with E-state index in [1.165, 1.54) is 26.4 Å². The van der Waals surface area contributed by atoms with E-state index in [1.54, 1.807) is 30.3 Å². The van der Waals surface area contributed by atoms with Gasteiger partial charge in [-0.05, 0) is 35.4 Å². The molecule has 4 nitrogen and oxygen atoms in total. The number of carbonyl (C=O) groups is 1. The van der Waals surface area contributed by atoms with Crippen LogP contribution in [0.3, 0.4) is 0 Å². The Morgan fingerprint density at radius 3 is 2.18 bits per heavy atom. The molecule has 0 aliphatic carbocycles. The Balaban J connectivity index is 2.45. The molecule has 0 radical (unpaired) electrons. The summed E-state index contributed by atoms with van der Waals surface area (Å²) in [5.41, 5.74) is 1.50. The van der Waals surface area contributed by atoms with Crippen molar-refractivity contribution < 1.29 is 23.8 Å². The van der Waals surface area contributed by atoms with Crippen LogP contribution in [-0.2, 0) is 4.79 Å². The van der Waals surface area contributed by atoms with Crippen LogP contribution in [0.4, 0.5) is 4.39 Å². The first kappa shape index (κ1) is 15.8. The molecule has 0 spiro atoms. The Kier molecular flexibility index (Phi) is 4.99. The predicted octanol–water partition coefficient (Wildman–Crippen LogP) is 3.45. The van der Waals surface area contributed by atoms with Crippen LogP contribution in [0.15, 0.2) is 42.5 Å². The van der Waals surface area contributed by atoms with E-state index in [9.17, 15) is 9.18 Å². The van der Waals surface area contributed by atoms with Gasteiger partial charge in [0.15, 0.2) is 11.5 Å². The van der Waals surface area contributed by atoms with E-state index in [0.29, 0.717) is 11.5 Å². The first-order valence-electron chi connectivity index (χ1n) is 6.74. The summed E-state index contributed by atoms with van der Waals surface area (Å²) < 4.78 is 23.5. The first-order valence-corrected chi connectivity index (χ1v) is 6.74. The molecule has 0 saturated heterocycles. The maximum absolute atomic E-state index is 13.1. The average Bonchev–Trinajstić information content (AvgIpc) is 2.52. The fraction of sp³-hybridized carbons (Fsp3) is 0.235.